The summed E-state index contributed by atoms with van der Waals surface area (Å²) in [7, 11) is 2.53. The Morgan fingerprint density at radius 2 is 2.00 bits per heavy atom. The lowest BCUT2D eigenvalue weighted by Gasteiger charge is -2.09. The molecule has 5 heteroatoms. The molecule has 0 unspecified atom stereocenters. The molecule has 111 valence electrons. The predicted octanol–water partition coefficient (Wildman–Crippen LogP) is 1.63. The average Bonchev–Trinajstić information content (AvgIpc) is 2.56. The molecule has 0 N–H and O–H groups in total. The second kappa shape index (κ2) is 7.47. The van der Waals surface area contributed by atoms with Crippen molar-refractivity contribution in [1.29, 1.82) is 0 Å². The highest BCUT2D eigenvalue weighted by molar-refractivity contribution is 6.19. The summed E-state index contributed by atoms with van der Waals surface area (Å²) in [6.45, 7) is 5.42. The van der Waals surface area contributed by atoms with Gasteiger partial charge in [0.1, 0.15) is 5.42 Å². The third-order valence-corrected chi connectivity index (χ3v) is 2.98. The molecule has 0 spiro atoms. The van der Waals surface area contributed by atoms with E-state index < -0.39 is 0 Å². The van der Waals surface area contributed by atoms with Gasteiger partial charge in [-0.2, -0.15) is 0 Å². The van der Waals surface area contributed by atoms with E-state index in [0.29, 0.717) is 16.4 Å². The maximum absolute atomic E-state index is 12.7. The van der Waals surface area contributed by atoms with Crippen LogP contribution in [0.1, 0.15) is 6.92 Å². The lowest BCUT2D eigenvalue weighted by Crippen LogP contribution is -2.39. The molecule has 2 rings (SSSR count). The topological polar surface area (TPSA) is 48.7 Å². The Bertz CT molecular complexity index is 822. The molecule has 0 amide bonds. The fraction of sp³-hybridized carbons (Fsp3) is 0.118. The largest absolute Gasteiger partial charge is 0.572 e. The van der Waals surface area contributed by atoms with Crippen molar-refractivity contribution >= 4 is 19.8 Å². The van der Waals surface area contributed by atoms with Crippen LogP contribution in [-0.2, 0) is 4.65 Å². The first kappa shape index (κ1) is 15.9. The van der Waals surface area contributed by atoms with E-state index in [1.165, 1.54) is 13.2 Å². The van der Waals surface area contributed by atoms with Crippen LogP contribution in [0.15, 0.2) is 52.2 Å². The molecule has 1 aromatic carbocycles. The van der Waals surface area contributed by atoms with Crippen LogP contribution in [0.5, 0.6) is 5.75 Å². The van der Waals surface area contributed by atoms with Crippen LogP contribution in [0.2, 0.25) is 0 Å². The fourth-order valence-electron chi connectivity index (χ4n) is 2.02. The molecule has 0 aliphatic carbocycles. The van der Waals surface area contributed by atoms with Crippen LogP contribution in [0, 0.1) is 0 Å². The molecule has 0 fully saturated rings. The summed E-state index contributed by atoms with van der Waals surface area (Å²) < 4.78 is 16.0. The van der Waals surface area contributed by atoms with E-state index in [-0.39, 0.29) is 11.2 Å². The Morgan fingerprint density at radius 3 is 2.59 bits per heavy atom. The zero-order valence-electron chi connectivity index (χ0n) is 12.5. The third kappa shape index (κ3) is 3.20. The van der Waals surface area contributed by atoms with Crippen molar-refractivity contribution in [3.8, 4) is 17.1 Å². The molecule has 1 radical (unpaired) electrons. The molecule has 0 saturated heterocycles. The molecule has 0 atom stereocenters. The number of hydrogen-bond donors (Lipinski definition) is 0. The lowest BCUT2D eigenvalue weighted by atomic mass is 10.1. The quantitative estimate of drug-likeness (QED) is 0.787. The number of hydrogen-bond acceptors (Lipinski definition) is 4. The Hall–Kier alpha value is -2.53. The minimum Gasteiger partial charge on any atom is -0.532 e. The van der Waals surface area contributed by atoms with Gasteiger partial charge >= 0.3 is 7.69 Å². The summed E-state index contributed by atoms with van der Waals surface area (Å²) in [5, 5.41) is 0.386. The van der Waals surface area contributed by atoms with Crippen LogP contribution >= 0.6 is 0 Å². The van der Waals surface area contributed by atoms with Crippen LogP contribution in [0.25, 0.3) is 23.5 Å². The van der Waals surface area contributed by atoms with Crippen molar-refractivity contribution in [1.82, 2.24) is 0 Å². The molecule has 1 heterocycles. The van der Waals surface area contributed by atoms with Gasteiger partial charge in [0.2, 0.25) is 5.43 Å². The first-order valence-corrected chi connectivity index (χ1v) is 6.75. The number of benzene rings is 1. The smallest absolute Gasteiger partial charge is 0.532 e. The van der Waals surface area contributed by atoms with E-state index in [0.717, 1.165) is 13.2 Å². The molecule has 0 aliphatic rings. The molecule has 0 saturated carbocycles. The van der Waals surface area contributed by atoms with Gasteiger partial charge in [0.05, 0.1) is 5.22 Å². The van der Waals surface area contributed by atoms with Crippen molar-refractivity contribution in [2.75, 3.05) is 7.11 Å². The average molecular weight is 295 g/mol. The van der Waals surface area contributed by atoms with E-state index in [4.69, 9.17) is 13.7 Å². The Labute approximate surface area is 129 Å². The van der Waals surface area contributed by atoms with Gasteiger partial charge in [-0.05, 0) is 19.1 Å². The molecule has 22 heavy (non-hydrogen) atoms. The van der Waals surface area contributed by atoms with Gasteiger partial charge in [0.15, 0.2) is 11.5 Å². The summed E-state index contributed by atoms with van der Waals surface area (Å²) in [4.78, 5) is 12.7. The van der Waals surface area contributed by atoms with Crippen LogP contribution < -0.4 is 20.7 Å². The minimum absolute atomic E-state index is 0.0757. The zero-order valence-corrected chi connectivity index (χ0v) is 12.5. The van der Waals surface area contributed by atoms with E-state index in [1.54, 1.807) is 19.1 Å². The maximum atomic E-state index is 12.7. The second-order valence-electron chi connectivity index (χ2n) is 4.37. The summed E-state index contributed by atoms with van der Waals surface area (Å²) >= 11 is 0. The van der Waals surface area contributed by atoms with Gasteiger partial charge < -0.3 is 13.7 Å². The van der Waals surface area contributed by atoms with Gasteiger partial charge in [-0.1, -0.05) is 43.0 Å². The van der Waals surface area contributed by atoms with E-state index >= 15 is 0 Å². The molecule has 2 aromatic rings. The standard InChI is InChI=1S/C17H16BO4/c1-4-9-13-14(5-2)21-16(12-10-7-6-8-11-12)17(15(13)19)22-18-20-3/h4-11H,1H2,2-3H3/b13-9+,14-5+. The SMILES string of the molecule is C=C/C=c1/c(=O)c(O[B]OC)c(-c2ccccc2)o/c1=C/C. The first-order chi connectivity index (χ1) is 10.7. The fourth-order valence-corrected chi connectivity index (χ4v) is 2.02. The Morgan fingerprint density at radius 1 is 1.27 bits per heavy atom. The first-order valence-electron chi connectivity index (χ1n) is 6.75. The van der Waals surface area contributed by atoms with Crippen LogP contribution in [0.3, 0.4) is 0 Å². The zero-order chi connectivity index (χ0) is 15.9. The van der Waals surface area contributed by atoms with Gasteiger partial charge in [-0.25, -0.2) is 0 Å². The molecule has 0 bridgehead atoms. The highest BCUT2D eigenvalue weighted by atomic mass is 16.6. The van der Waals surface area contributed by atoms with Crippen molar-refractivity contribution in [3.05, 3.63) is 63.8 Å². The van der Waals surface area contributed by atoms with Gasteiger partial charge in [0.25, 0.3) is 0 Å². The van der Waals surface area contributed by atoms with E-state index in [9.17, 15) is 4.79 Å². The molecule has 1 aromatic heterocycles. The number of rotatable bonds is 5. The van der Waals surface area contributed by atoms with Crippen molar-refractivity contribution in [2.24, 2.45) is 0 Å². The third-order valence-electron chi connectivity index (χ3n) is 2.98. The molecular weight excluding hydrogens is 279 g/mol. The van der Waals surface area contributed by atoms with E-state index in [1.807, 2.05) is 30.3 Å². The Balaban J connectivity index is 2.83. The Kier molecular flexibility index (Phi) is 5.39. The lowest BCUT2D eigenvalue weighted by molar-refractivity contribution is 0.358. The molecular formula is C17H16BO4. The highest BCUT2D eigenvalue weighted by Crippen LogP contribution is 2.24. The van der Waals surface area contributed by atoms with Gasteiger partial charge in [-0.3, -0.25) is 4.79 Å². The summed E-state index contributed by atoms with van der Waals surface area (Å²) in [5.41, 5.74) is 0.923. The van der Waals surface area contributed by atoms with Crippen molar-refractivity contribution in [2.45, 2.75) is 6.92 Å². The van der Waals surface area contributed by atoms with Crippen LogP contribution in [-0.4, -0.2) is 14.8 Å². The normalized spacial score (nSPS) is 12.3. The van der Waals surface area contributed by atoms with Crippen molar-refractivity contribution < 1.29 is 13.7 Å². The van der Waals surface area contributed by atoms with Gasteiger partial charge in [0, 0.05) is 12.7 Å². The monoisotopic (exact) mass is 295 g/mol. The summed E-state index contributed by atoms with van der Waals surface area (Å²) in [6.07, 6.45) is 4.86. The highest BCUT2D eigenvalue weighted by Gasteiger charge is 2.16. The summed E-state index contributed by atoms with van der Waals surface area (Å²) in [5.74, 6) is 0.431. The van der Waals surface area contributed by atoms with Gasteiger partial charge in [-0.15, -0.1) is 0 Å². The minimum atomic E-state index is -0.286. The van der Waals surface area contributed by atoms with Crippen molar-refractivity contribution in [3.63, 3.8) is 0 Å². The molecule has 4 nitrogen and oxygen atoms in total. The summed E-state index contributed by atoms with van der Waals surface area (Å²) in [6, 6.07) is 9.29. The molecule has 0 aliphatic heterocycles. The maximum Gasteiger partial charge on any atom is 0.572 e. The van der Waals surface area contributed by atoms with E-state index in [2.05, 4.69) is 6.58 Å². The second-order valence-corrected chi connectivity index (χ2v) is 4.37. The predicted molar refractivity (Wildman–Crippen MR) is 87.9 cm³/mol. The number of allylic oxidation sites excluding steroid dienone is 1. The van der Waals surface area contributed by atoms with Crippen LogP contribution in [0.4, 0.5) is 0 Å².